The highest BCUT2D eigenvalue weighted by atomic mass is 32.1. The maximum atomic E-state index is 5.43. The van der Waals surface area contributed by atoms with Crippen molar-refractivity contribution in [2.75, 3.05) is 6.54 Å². The second-order valence-electron chi connectivity index (χ2n) is 4.14. The maximum absolute atomic E-state index is 5.43. The molecule has 2 N–H and O–H groups in total. The molecule has 0 saturated carbocycles. The Morgan fingerprint density at radius 2 is 2.00 bits per heavy atom. The van der Waals surface area contributed by atoms with Crippen molar-refractivity contribution in [2.45, 2.75) is 39.0 Å². The molecule has 0 aliphatic rings. The predicted molar refractivity (Wildman–Crippen MR) is 56.0 cm³/mol. The molecule has 4 heteroatoms. The van der Waals surface area contributed by atoms with Crippen LogP contribution in [0, 0.1) is 0 Å². The molecule has 0 unspecified atom stereocenters. The zero-order valence-corrected chi connectivity index (χ0v) is 9.32. The highest BCUT2D eigenvalue weighted by Crippen LogP contribution is 2.25. The van der Waals surface area contributed by atoms with Crippen LogP contribution in [0.4, 0.5) is 0 Å². The molecule has 1 heterocycles. The van der Waals surface area contributed by atoms with Gasteiger partial charge in [-0.3, -0.25) is 0 Å². The second kappa shape index (κ2) is 4.15. The van der Waals surface area contributed by atoms with Gasteiger partial charge in [0, 0.05) is 11.8 Å². The molecule has 13 heavy (non-hydrogen) atoms. The second-order valence-corrected chi connectivity index (χ2v) is 5.21. The summed E-state index contributed by atoms with van der Waals surface area (Å²) >= 11 is 1.70. The summed E-state index contributed by atoms with van der Waals surface area (Å²) in [6, 6.07) is 0. The summed E-state index contributed by atoms with van der Waals surface area (Å²) in [5, 5.41) is 10.5. The molecule has 0 bridgehead atoms. The van der Waals surface area contributed by atoms with Crippen LogP contribution < -0.4 is 5.73 Å². The molecule has 0 radical (unpaired) electrons. The van der Waals surface area contributed by atoms with Gasteiger partial charge in [-0.15, -0.1) is 21.5 Å². The van der Waals surface area contributed by atoms with Gasteiger partial charge in [-0.25, -0.2) is 0 Å². The Morgan fingerprint density at radius 1 is 1.31 bits per heavy atom. The first kappa shape index (κ1) is 10.6. The highest BCUT2D eigenvalue weighted by Gasteiger charge is 2.18. The first-order valence-electron chi connectivity index (χ1n) is 4.57. The lowest BCUT2D eigenvalue weighted by molar-refractivity contribution is 0.577. The molecular weight excluding hydrogens is 182 g/mol. The number of hydrogen-bond donors (Lipinski definition) is 1. The largest absolute Gasteiger partial charge is 0.330 e. The molecule has 74 valence electrons. The van der Waals surface area contributed by atoms with Crippen LogP contribution in [-0.4, -0.2) is 16.7 Å². The fourth-order valence-electron chi connectivity index (χ4n) is 0.911. The number of rotatable bonds is 3. The summed E-state index contributed by atoms with van der Waals surface area (Å²) < 4.78 is 0. The van der Waals surface area contributed by atoms with Crippen LogP contribution >= 0.6 is 11.3 Å². The summed E-state index contributed by atoms with van der Waals surface area (Å²) in [5.41, 5.74) is 5.55. The SMILES string of the molecule is CC(C)(C)c1nnc(CCCN)s1. The van der Waals surface area contributed by atoms with Crippen LogP contribution in [0.2, 0.25) is 0 Å². The minimum Gasteiger partial charge on any atom is -0.330 e. The Hall–Kier alpha value is -0.480. The van der Waals surface area contributed by atoms with Gasteiger partial charge in [0.25, 0.3) is 0 Å². The zero-order valence-electron chi connectivity index (χ0n) is 8.50. The third-order valence-electron chi connectivity index (χ3n) is 1.70. The number of hydrogen-bond acceptors (Lipinski definition) is 4. The van der Waals surface area contributed by atoms with Crippen molar-refractivity contribution in [3.63, 3.8) is 0 Å². The standard InChI is InChI=1S/C9H17N3S/c1-9(2,3)8-12-11-7(13-8)5-4-6-10/h4-6,10H2,1-3H3. The van der Waals surface area contributed by atoms with Gasteiger partial charge in [-0.05, 0) is 13.0 Å². The van der Waals surface area contributed by atoms with E-state index < -0.39 is 0 Å². The minimum absolute atomic E-state index is 0.124. The molecule has 1 aromatic rings. The number of aromatic nitrogens is 2. The molecule has 0 atom stereocenters. The predicted octanol–water partition coefficient (Wildman–Crippen LogP) is 1.73. The number of nitrogens with zero attached hydrogens (tertiary/aromatic N) is 2. The molecule has 1 rings (SSSR count). The molecule has 0 aromatic carbocycles. The van der Waals surface area contributed by atoms with Gasteiger partial charge < -0.3 is 5.73 Å². The normalized spacial score (nSPS) is 12.0. The quantitative estimate of drug-likeness (QED) is 0.806. The van der Waals surface area contributed by atoms with E-state index in [0.29, 0.717) is 0 Å². The van der Waals surface area contributed by atoms with E-state index in [2.05, 4.69) is 31.0 Å². The number of nitrogens with two attached hydrogens (primary N) is 1. The van der Waals surface area contributed by atoms with Gasteiger partial charge in [-0.1, -0.05) is 20.8 Å². The summed E-state index contributed by atoms with van der Waals surface area (Å²) in [5.74, 6) is 0. The van der Waals surface area contributed by atoms with Crippen LogP contribution in [0.1, 0.15) is 37.2 Å². The lowest BCUT2D eigenvalue weighted by atomic mass is 9.98. The lowest BCUT2D eigenvalue weighted by Crippen LogP contribution is -2.10. The Morgan fingerprint density at radius 3 is 2.46 bits per heavy atom. The average Bonchev–Trinajstić information content (AvgIpc) is 2.47. The number of aryl methyl sites for hydroxylation is 1. The van der Waals surface area contributed by atoms with Crippen molar-refractivity contribution >= 4 is 11.3 Å². The molecule has 0 saturated heterocycles. The van der Waals surface area contributed by atoms with Crippen LogP contribution in [0.25, 0.3) is 0 Å². The Labute approximate surface area is 83.4 Å². The van der Waals surface area contributed by atoms with Gasteiger partial charge in [-0.2, -0.15) is 0 Å². The summed E-state index contributed by atoms with van der Waals surface area (Å²) in [4.78, 5) is 0. The average molecular weight is 199 g/mol. The van der Waals surface area contributed by atoms with E-state index in [9.17, 15) is 0 Å². The van der Waals surface area contributed by atoms with E-state index in [-0.39, 0.29) is 5.41 Å². The van der Waals surface area contributed by atoms with E-state index in [1.165, 1.54) is 0 Å². The molecule has 0 aliphatic heterocycles. The Balaban J connectivity index is 2.64. The highest BCUT2D eigenvalue weighted by molar-refractivity contribution is 7.11. The van der Waals surface area contributed by atoms with Gasteiger partial charge in [0.2, 0.25) is 0 Å². The van der Waals surface area contributed by atoms with Crippen molar-refractivity contribution in [1.82, 2.24) is 10.2 Å². The molecule has 1 aromatic heterocycles. The molecule has 0 aliphatic carbocycles. The maximum Gasteiger partial charge on any atom is 0.122 e. The summed E-state index contributed by atoms with van der Waals surface area (Å²) in [7, 11) is 0. The summed E-state index contributed by atoms with van der Waals surface area (Å²) in [6.07, 6.45) is 1.96. The van der Waals surface area contributed by atoms with E-state index in [1.54, 1.807) is 11.3 Å². The van der Waals surface area contributed by atoms with E-state index in [4.69, 9.17) is 5.73 Å². The molecule has 0 amide bonds. The van der Waals surface area contributed by atoms with E-state index in [0.717, 1.165) is 29.4 Å². The van der Waals surface area contributed by atoms with Gasteiger partial charge in [0.05, 0.1) is 0 Å². The van der Waals surface area contributed by atoms with Crippen LogP contribution in [-0.2, 0) is 11.8 Å². The fraction of sp³-hybridized carbons (Fsp3) is 0.778. The van der Waals surface area contributed by atoms with Crippen molar-refractivity contribution in [2.24, 2.45) is 5.73 Å². The Bertz CT molecular complexity index is 262. The smallest absolute Gasteiger partial charge is 0.122 e. The first-order valence-corrected chi connectivity index (χ1v) is 5.38. The van der Waals surface area contributed by atoms with Crippen LogP contribution in [0.5, 0.6) is 0 Å². The van der Waals surface area contributed by atoms with Crippen molar-refractivity contribution in [1.29, 1.82) is 0 Å². The summed E-state index contributed by atoms with van der Waals surface area (Å²) in [6.45, 7) is 7.19. The third-order valence-corrected chi connectivity index (χ3v) is 3.11. The van der Waals surface area contributed by atoms with Crippen LogP contribution in [0.15, 0.2) is 0 Å². The monoisotopic (exact) mass is 199 g/mol. The van der Waals surface area contributed by atoms with Crippen molar-refractivity contribution < 1.29 is 0 Å². The molecule has 3 nitrogen and oxygen atoms in total. The first-order chi connectivity index (χ1) is 6.04. The van der Waals surface area contributed by atoms with E-state index >= 15 is 0 Å². The lowest BCUT2D eigenvalue weighted by Gasteiger charge is -2.12. The molecule has 0 spiro atoms. The molecule has 0 fully saturated rings. The van der Waals surface area contributed by atoms with Gasteiger partial charge >= 0.3 is 0 Å². The third kappa shape index (κ3) is 3.04. The van der Waals surface area contributed by atoms with Crippen molar-refractivity contribution in [3.05, 3.63) is 10.0 Å². The van der Waals surface area contributed by atoms with E-state index in [1.807, 2.05) is 0 Å². The Kier molecular flexibility index (Phi) is 3.39. The topological polar surface area (TPSA) is 51.8 Å². The fourth-order valence-corrected chi connectivity index (χ4v) is 1.85. The van der Waals surface area contributed by atoms with Gasteiger partial charge in [0.15, 0.2) is 0 Å². The minimum atomic E-state index is 0.124. The van der Waals surface area contributed by atoms with Crippen molar-refractivity contribution in [3.8, 4) is 0 Å². The molecular formula is C9H17N3S. The van der Waals surface area contributed by atoms with Crippen LogP contribution in [0.3, 0.4) is 0 Å². The van der Waals surface area contributed by atoms with Gasteiger partial charge in [0.1, 0.15) is 10.0 Å². The zero-order chi connectivity index (χ0) is 9.90.